The lowest BCUT2D eigenvalue weighted by Crippen LogP contribution is -2.15. The molecule has 0 N–H and O–H groups in total. The summed E-state index contributed by atoms with van der Waals surface area (Å²) in [5.41, 5.74) is 1.49. The van der Waals surface area contributed by atoms with Gasteiger partial charge in [-0.25, -0.2) is 9.48 Å². The van der Waals surface area contributed by atoms with Gasteiger partial charge in [-0.3, -0.25) is 10.1 Å². The second kappa shape index (κ2) is 8.21. The van der Waals surface area contributed by atoms with Crippen LogP contribution in [0.2, 0.25) is 0 Å². The molecule has 0 amide bonds. The molecule has 154 valence electrons. The number of nitrogens with zero attached hydrogens (tertiary/aromatic N) is 3. The zero-order valence-electron chi connectivity index (χ0n) is 15.9. The molecule has 0 radical (unpaired) electrons. The number of hydrogen-bond acceptors (Lipinski definition) is 8. The van der Waals surface area contributed by atoms with Crippen molar-refractivity contribution in [2.24, 2.45) is 0 Å². The third-order valence-corrected chi connectivity index (χ3v) is 4.46. The molecular weight excluding hydrogens is 394 g/mol. The van der Waals surface area contributed by atoms with Crippen molar-refractivity contribution in [1.82, 2.24) is 9.78 Å². The molecule has 3 aromatic rings. The summed E-state index contributed by atoms with van der Waals surface area (Å²) in [4.78, 5) is 23.3. The van der Waals surface area contributed by atoms with Crippen molar-refractivity contribution < 1.29 is 28.7 Å². The molecule has 0 aliphatic carbocycles. The van der Waals surface area contributed by atoms with Crippen LogP contribution in [-0.2, 0) is 22.7 Å². The molecule has 0 atom stereocenters. The molecule has 0 fully saturated rings. The number of hydrogen-bond donors (Lipinski definition) is 0. The van der Waals surface area contributed by atoms with Crippen LogP contribution in [0.4, 0.5) is 5.69 Å². The summed E-state index contributed by atoms with van der Waals surface area (Å²) in [7, 11) is 1.42. The molecule has 0 spiro atoms. The van der Waals surface area contributed by atoms with E-state index in [0.717, 1.165) is 5.69 Å². The first-order chi connectivity index (χ1) is 14.6. The lowest BCUT2D eigenvalue weighted by atomic mass is 10.1. The molecule has 2 aromatic carbocycles. The van der Waals surface area contributed by atoms with Gasteiger partial charge in [-0.1, -0.05) is 18.2 Å². The van der Waals surface area contributed by atoms with Crippen LogP contribution in [0.1, 0.15) is 21.6 Å². The van der Waals surface area contributed by atoms with E-state index >= 15 is 0 Å². The quantitative estimate of drug-likeness (QED) is 0.345. The number of nitro groups is 1. The van der Waals surface area contributed by atoms with E-state index in [4.69, 9.17) is 18.9 Å². The zero-order chi connectivity index (χ0) is 21.1. The minimum atomic E-state index is -0.728. The average molecular weight is 411 g/mol. The number of carbonyl (C=O) groups excluding carboxylic acids is 1. The Hall–Kier alpha value is -3.92. The number of aromatic nitrogens is 2. The summed E-state index contributed by atoms with van der Waals surface area (Å²) >= 11 is 0. The largest absolute Gasteiger partial charge is 0.493 e. The number of esters is 1. The van der Waals surface area contributed by atoms with E-state index in [9.17, 15) is 14.9 Å². The molecule has 1 aliphatic heterocycles. The van der Waals surface area contributed by atoms with Gasteiger partial charge in [0.05, 0.1) is 30.5 Å². The van der Waals surface area contributed by atoms with Crippen LogP contribution < -0.4 is 9.47 Å². The van der Waals surface area contributed by atoms with Gasteiger partial charge >= 0.3 is 5.97 Å². The second-order valence-corrected chi connectivity index (χ2v) is 6.36. The number of benzene rings is 2. The molecule has 2 heterocycles. The van der Waals surface area contributed by atoms with E-state index in [1.807, 2.05) is 30.3 Å². The third kappa shape index (κ3) is 3.80. The summed E-state index contributed by atoms with van der Waals surface area (Å²) in [6.07, 6.45) is 1.57. The Labute approximate surface area is 170 Å². The van der Waals surface area contributed by atoms with Crippen LogP contribution in [0.25, 0.3) is 5.69 Å². The standard InChI is InChI=1S/C20H17N3O7/c1-27-17-9-22(15-5-3-2-4-6-15)21-18(17)20(24)29-11-14-8-16(23(25)26)7-13-10-28-12-30-19(13)14/h2-9H,10-12H2,1H3. The number of carbonyl (C=O) groups is 1. The van der Waals surface area contributed by atoms with Crippen molar-refractivity contribution in [1.29, 1.82) is 0 Å². The Morgan fingerprint density at radius 3 is 2.83 bits per heavy atom. The van der Waals surface area contributed by atoms with Crippen LogP contribution in [0.15, 0.2) is 48.7 Å². The highest BCUT2D eigenvalue weighted by Crippen LogP contribution is 2.33. The van der Waals surface area contributed by atoms with Gasteiger partial charge in [0.1, 0.15) is 12.4 Å². The average Bonchev–Trinajstić information content (AvgIpc) is 3.22. The fourth-order valence-corrected chi connectivity index (χ4v) is 3.07. The lowest BCUT2D eigenvalue weighted by Gasteiger charge is -2.20. The minimum Gasteiger partial charge on any atom is -0.493 e. The van der Waals surface area contributed by atoms with Crippen molar-refractivity contribution in [3.8, 4) is 17.2 Å². The van der Waals surface area contributed by atoms with E-state index in [1.165, 1.54) is 23.9 Å². The molecule has 4 rings (SSSR count). The Balaban J connectivity index is 1.58. The fourth-order valence-electron chi connectivity index (χ4n) is 3.07. The molecule has 1 aromatic heterocycles. The van der Waals surface area contributed by atoms with Gasteiger partial charge < -0.3 is 18.9 Å². The lowest BCUT2D eigenvalue weighted by molar-refractivity contribution is -0.385. The number of non-ortho nitro benzene ring substituents is 1. The number of fused-ring (bicyclic) bond motifs is 1. The van der Waals surface area contributed by atoms with Crippen LogP contribution in [0, 0.1) is 10.1 Å². The normalized spacial score (nSPS) is 12.6. The first kappa shape index (κ1) is 19.4. The Bertz CT molecular complexity index is 1100. The van der Waals surface area contributed by atoms with Crippen molar-refractivity contribution in [3.05, 3.63) is 75.6 Å². The van der Waals surface area contributed by atoms with Gasteiger partial charge in [0.15, 0.2) is 12.5 Å². The topological polar surface area (TPSA) is 115 Å². The molecule has 0 saturated heterocycles. The maximum atomic E-state index is 12.7. The van der Waals surface area contributed by atoms with Gasteiger partial charge in [-0.15, -0.1) is 0 Å². The van der Waals surface area contributed by atoms with Gasteiger partial charge in [-0.05, 0) is 12.1 Å². The number of nitro benzene ring substituents is 1. The monoisotopic (exact) mass is 411 g/mol. The van der Waals surface area contributed by atoms with Crippen molar-refractivity contribution in [3.63, 3.8) is 0 Å². The summed E-state index contributed by atoms with van der Waals surface area (Å²) in [6, 6.07) is 11.9. The number of rotatable bonds is 6. The van der Waals surface area contributed by atoms with Crippen molar-refractivity contribution in [2.45, 2.75) is 13.2 Å². The third-order valence-electron chi connectivity index (χ3n) is 4.46. The summed E-state index contributed by atoms with van der Waals surface area (Å²) < 4.78 is 22.7. The van der Waals surface area contributed by atoms with E-state index < -0.39 is 10.9 Å². The van der Waals surface area contributed by atoms with Gasteiger partial charge in [-0.2, -0.15) is 5.10 Å². The Morgan fingerprint density at radius 1 is 1.30 bits per heavy atom. The maximum Gasteiger partial charge on any atom is 0.363 e. The molecule has 0 unspecified atom stereocenters. The van der Waals surface area contributed by atoms with E-state index in [-0.39, 0.29) is 37.1 Å². The predicted octanol–water partition coefficient (Wildman–Crippen LogP) is 3.01. The number of methoxy groups -OCH3 is 1. The molecule has 10 heteroatoms. The summed E-state index contributed by atoms with van der Waals surface area (Å²) in [6.45, 7) is -0.0431. The van der Waals surface area contributed by atoms with Crippen LogP contribution in [-0.4, -0.2) is 34.6 Å². The highest BCUT2D eigenvalue weighted by atomic mass is 16.7. The SMILES string of the molecule is COc1cn(-c2ccccc2)nc1C(=O)OCc1cc([N+](=O)[O-])cc2c1OCOC2. The Morgan fingerprint density at radius 2 is 2.10 bits per heavy atom. The molecular formula is C20H17N3O7. The van der Waals surface area contributed by atoms with Crippen molar-refractivity contribution >= 4 is 11.7 Å². The molecule has 10 nitrogen and oxygen atoms in total. The smallest absolute Gasteiger partial charge is 0.363 e. The Kier molecular flexibility index (Phi) is 5.31. The molecule has 0 saturated carbocycles. The highest BCUT2D eigenvalue weighted by molar-refractivity contribution is 5.90. The van der Waals surface area contributed by atoms with Crippen LogP contribution in [0.5, 0.6) is 11.5 Å². The minimum absolute atomic E-state index is 0.00935. The van der Waals surface area contributed by atoms with Crippen LogP contribution >= 0.6 is 0 Å². The van der Waals surface area contributed by atoms with E-state index in [2.05, 4.69) is 5.10 Å². The summed E-state index contributed by atoms with van der Waals surface area (Å²) in [5, 5.41) is 15.5. The highest BCUT2D eigenvalue weighted by Gasteiger charge is 2.24. The predicted molar refractivity (Wildman–Crippen MR) is 103 cm³/mol. The van der Waals surface area contributed by atoms with Gasteiger partial charge in [0.25, 0.3) is 5.69 Å². The fraction of sp³-hybridized carbons (Fsp3) is 0.200. The van der Waals surface area contributed by atoms with Crippen LogP contribution in [0.3, 0.4) is 0 Å². The second-order valence-electron chi connectivity index (χ2n) is 6.36. The molecule has 1 aliphatic rings. The maximum absolute atomic E-state index is 12.7. The zero-order valence-corrected chi connectivity index (χ0v) is 15.9. The number of para-hydroxylation sites is 1. The first-order valence-electron chi connectivity index (χ1n) is 8.93. The first-order valence-corrected chi connectivity index (χ1v) is 8.93. The van der Waals surface area contributed by atoms with Crippen molar-refractivity contribution in [2.75, 3.05) is 13.9 Å². The summed E-state index contributed by atoms with van der Waals surface area (Å²) in [5.74, 6) is -0.0650. The van der Waals surface area contributed by atoms with E-state index in [0.29, 0.717) is 16.9 Å². The number of ether oxygens (including phenoxy) is 4. The molecule has 0 bridgehead atoms. The van der Waals surface area contributed by atoms with Gasteiger partial charge in [0.2, 0.25) is 5.69 Å². The van der Waals surface area contributed by atoms with Gasteiger partial charge in [0, 0.05) is 23.3 Å². The molecule has 30 heavy (non-hydrogen) atoms. The van der Waals surface area contributed by atoms with E-state index in [1.54, 1.807) is 6.20 Å².